The van der Waals surface area contributed by atoms with Crippen LogP contribution >= 0.6 is 0 Å². The van der Waals surface area contributed by atoms with Crippen molar-refractivity contribution in [3.05, 3.63) is 41.8 Å². The molecule has 2 heterocycles. The molecule has 0 saturated carbocycles. The van der Waals surface area contributed by atoms with E-state index in [1.54, 1.807) is 31.1 Å². The molecule has 9 heteroatoms. The highest BCUT2D eigenvalue weighted by Crippen LogP contribution is 2.36. The number of hydrogen-bond donors (Lipinski definition) is 0. The van der Waals surface area contributed by atoms with Gasteiger partial charge in [-0.15, -0.1) is 0 Å². The number of piperazine rings is 1. The third kappa shape index (κ3) is 4.88. The van der Waals surface area contributed by atoms with Crippen molar-refractivity contribution in [2.45, 2.75) is 20.8 Å². The third-order valence-electron chi connectivity index (χ3n) is 5.64. The molecule has 31 heavy (non-hydrogen) atoms. The van der Waals surface area contributed by atoms with Crippen LogP contribution in [0.25, 0.3) is 11.1 Å². The zero-order valence-corrected chi connectivity index (χ0v) is 19.4. The molecule has 0 N–H and O–H groups in total. The van der Waals surface area contributed by atoms with Crippen molar-refractivity contribution in [2.75, 3.05) is 49.3 Å². The first kappa shape index (κ1) is 23.1. The van der Waals surface area contributed by atoms with Crippen molar-refractivity contribution in [2.24, 2.45) is 5.92 Å². The molecule has 0 spiro atoms. The first-order valence-corrected chi connectivity index (χ1v) is 12.1. The summed E-state index contributed by atoms with van der Waals surface area (Å²) in [5.41, 5.74) is 2.50. The average molecular weight is 449 g/mol. The Labute approximate surface area is 183 Å². The SMILES string of the molecule is Cc1c(F)cccc1-c1cc(N2CCN(S(C)(=O)=O)CC2)ncc1N(C)C(=O)C(C)C. The number of nitrogens with zero attached hydrogens (tertiary/aromatic N) is 4. The second kappa shape index (κ2) is 8.92. The highest BCUT2D eigenvalue weighted by molar-refractivity contribution is 7.88. The number of pyridine rings is 1. The van der Waals surface area contributed by atoms with E-state index in [0.717, 1.165) is 0 Å². The molecule has 0 unspecified atom stereocenters. The molecule has 3 rings (SSSR count). The van der Waals surface area contributed by atoms with E-state index in [0.29, 0.717) is 54.4 Å². The molecule has 2 aromatic rings. The first-order chi connectivity index (χ1) is 14.5. The second-order valence-electron chi connectivity index (χ2n) is 8.17. The second-order valence-corrected chi connectivity index (χ2v) is 10.2. The number of hydrogen-bond acceptors (Lipinski definition) is 5. The number of sulfonamides is 1. The minimum atomic E-state index is -3.23. The van der Waals surface area contributed by atoms with Crippen molar-refractivity contribution in [1.82, 2.24) is 9.29 Å². The number of amides is 1. The van der Waals surface area contributed by atoms with Crippen molar-refractivity contribution in [1.29, 1.82) is 0 Å². The van der Waals surface area contributed by atoms with Crippen molar-refractivity contribution < 1.29 is 17.6 Å². The molecule has 168 valence electrons. The standard InChI is InChI=1S/C22H29FN4O3S/c1-15(2)22(28)25(4)20-14-24-21(26-9-11-27(12-10-26)31(5,29)30)13-18(20)17-7-6-8-19(23)16(17)3/h6-8,13-15H,9-12H2,1-5H3. The number of aromatic nitrogens is 1. The Kier molecular flexibility index (Phi) is 6.66. The summed E-state index contributed by atoms with van der Waals surface area (Å²) < 4.78 is 39.4. The summed E-state index contributed by atoms with van der Waals surface area (Å²) in [6.07, 6.45) is 2.85. The fourth-order valence-electron chi connectivity index (χ4n) is 3.75. The van der Waals surface area contributed by atoms with Gasteiger partial charge < -0.3 is 9.80 Å². The molecule has 0 radical (unpaired) electrons. The molecule has 7 nitrogen and oxygen atoms in total. The highest BCUT2D eigenvalue weighted by Gasteiger charge is 2.26. The van der Waals surface area contributed by atoms with Crippen LogP contribution in [0.4, 0.5) is 15.9 Å². The summed E-state index contributed by atoms with van der Waals surface area (Å²) in [5.74, 6) is 0.0872. The fraction of sp³-hybridized carbons (Fsp3) is 0.455. The van der Waals surface area contributed by atoms with Crippen LogP contribution in [-0.4, -0.2) is 63.1 Å². The number of anilines is 2. The van der Waals surface area contributed by atoms with Crippen LogP contribution < -0.4 is 9.80 Å². The van der Waals surface area contributed by atoms with Gasteiger partial charge in [-0.2, -0.15) is 4.31 Å². The lowest BCUT2D eigenvalue weighted by molar-refractivity contribution is -0.121. The lowest BCUT2D eigenvalue weighted by Gasteiger charge is -2.34. The maximum atomic E-state index is 14.3. The number of rotatable bonds is 5. The van der Waals surface area contributed by atoms with Crippen LogP contribution in [0.15, 0.2) is 30.5 Å². The van der Waals surface area contributed by atoms with E-state index in [1.165, 1.54) is 16.6 Å². The van der Waals surface area contributed by atoms with Gasteiger partial charge in [-0.05, 0) is 30.2 Å². The van der Waals surface area contributed by atoms with Crippen molar-refractivity contribution >= 4 is 27.4 Å². The Balaban J connectivity index is 2.03. The van der Waals surface area contributed by atoms with Gasteiger partial charge in [-0.3, -0.25) is 4.79 Å². The van der Waals surface area contributed by atoms with Crippen LogP contribution in [0.5, 0.6) is 0 Å². The Bertz CT molecular complexity index is 1080. The molecule has 1 aliphatic rings. The summed E-state index contributed by atoms with van der Waals surface area (Å²) in [5, 5.41) is 0. The molecular weight excluding hydrogens is 419 g/mol. The van der Waals surface area contributed by atoms with Crippen molar-refractivity contribution in [3.8, 4) is 11.1 Å². The smallest absolute Gasteiger partial charge is 0.229 e. The molecule has 0 aliphatic carbocycles. The normalized spacial score (nSPS) is 15.4. The molecule has 1 saturated heterocycles. The van der Waals surface area contributed by atoms with Crippen LogP contribution in [0.1, 0.15) is 19.4 Å². The minimum absolute atomic E-state index is 0.0633. The Morgan fingerprint density at radius 2 is 1.81 bits per heavy atom. The lowest BCUT2D eigenvalue weighted by atomic mass is 9.98. The molecule has 0 atom stereocenters. The van der Waals surface area contributed by atoms with Gasteiger partial charge in [0.15, 0.2) is 0 Å². The van der Waals surface area contributed by atoms with Gasteiger partial charge in [-0.1, -0.05) is 26.0 Å². The van der Waals surface area contributed by atoms with E-state index in [1.807, 2.05) is 30.9 Å². The summed E-state index contributed by atoms with van der Waals surface area (Å²) in [6.45, 7) is 7.13. The quantitative estimate of drug-likeness (QED) is 0.703. The molecule has 0 bridgehead atoms. The number of carbonyl (C=O) groups excluding carboxylic acids is 1. The predicted molar refractivity (Wildman–Crippen MR) is 121 cm³/mol. The van der Waals surface area contributed by atoms with Crippen LogP contribution in [-0.2, 0) is 14.8 Å². The Hall–Kier alpha value is -2.52. The topological polar surface area (TPSA) is 73.8 Å². The Morgan fingerprint density at radius 3 is 2.39 bits per heavy atom. The predicted octanol–water partition coefficient (Wildman–Crippen LogP) is 2.90. The maximum Gasteiger partial charge on any atom is 0.229 e. The maximum absolute atomic E-state index is 14.3. The summed E-state index contributed by atoms with van der Waals surface area (Å²) in [6, 6.07) is 6.75. The minimum Gasteiger partial charge on any atom is -0.354 e. The van der Waals surface area contributed by atoms with E-state index < -0.39 is 10.0 Å². The summed E-state index contributed by atoms with van der Waals surface area (Å²) in [4.78, 5) is 20.8. The van der Waals surface area contributed by atoms with Crippen LogP contribution in [0.2, 0.25) is 0 Å². The summed E-state index contributed by atoms with van der Waals surface area (Å²) in [7, 11) is -1.53. The molecule has 1 fully saturated rings. The van der Waals surface area contributed by atoms with Crippen molar-refractivity contribution in [3.63, 3.8) is 0 Å². The van der Waals surface area contributed by atoms with Gasteiger partial charge in [0.05, 0.1) is 18.1 Å². The van der Waals surface area contributed by atoms with E-state index in [2.05, 4.69) is 4.98 Å². The molecule has 1 aromatic carbocycles. The van der Waals surface area contributed by atoms with Gasteiger partial charge in [-0.25, -0.2) is 17.8 Å². The molecule has 1 aliphatic heterocycles. The number of benzene rings is 1. The number of halogens is 1. The van der Waals surface area contributed by atoms with E-state index in [-0.39, 0.29) is 17.6 Å². The zero-order chi connectivity index (χ0) is 22.9. The van der Waals surface area contributed by atoms with Crippen LogP contribution in [0, 0.1) is 18.7 Å². The third-order valence-corrected chi connectivity index (χ3v) is 6.95. The van der Waals surface area contributed by atoms with Crippen LogP contribution in [0.3, 0.4) is 0 Å². The van der Waals surface area contributed by atoms with E-state index in [9.17, 15) is 17.6 Å². The molecule has 1 aromatic heterocycles. The van der Waals surface area contributed by atoms with Gasteiger partial charge in [0, 0.05) is 44.7 Å². The highest BCUT2D eigenvalue weighted by atomic mass is 32.2. The largest absolute Gasteiger partial charge is 0.354 e. The average Bonchev–Trinajstić information content (AvgIpc) is 2.73. The monoisotopic (exact) mass is 448 g/mol. The van der Waals surface area contributed by atoms with Gasteiger partial charge >= 0.3 is 0 Å². The molecular formula is C22H29FN4O3S. The Morgan fingerprint density at radius 1 is 1.16 bits per heavy atom. The van der Waals surface area contributed by atoms with Gasteiger partial charge in [0.1, 0.15) is 11.6 Å². The lowest BCUT2D eigenvalue weighted by Crippen LogP contribution is -2.48. The zero-order valence-electron chi connectivity index (χ0n) is 18.6. The van der Waals surface area contributed by atoms with Gasteiger partial charge in [0.2, 0.25) is 15.9 Å². The molecule has 1 amide bonds. The fourth-order valence-corrected chi connectivity index (χ4v) is 4.57. The first-order valence-electron chi connectivity index (χ1n) is 10.2. The van der Waals surface area contributed by atoms with Gasteiger partial charge in [0.25, 0.3) is 0 Å². The van der Waals surface area contributed by atoms with E-state index >= 15 is 0 Å². The number of carbonyl (C=O) groups is 1. The summed E-state index contributed by atoms with van der Waals surface area (Å²) >= 11 is 0. The van der Waals surface area contributed by atoms with E-state index in [4.69, 9.17) is 0 Å².